The Morgan fingerprint density at radius 1 is 1.18 bits per heavy atom. The van der Waals surface area contributed by atoms with E-state index in [0.717, 1.165) is 16.2 Å². The summed E-state index contributed by atoms with van der Waals surface area (Å²) < 4.78 is 1.98. The summed E-state index contributed by atoms with van der Waals surface area (Å²) in [4.78, 5) is 31.5. The molecule has 1 N–H and O–H groups in total. The van der Waals surface area contributed by atoms with Gasteiger partial charge in [-0.3, -0.25) is 9.59 Å². The fraction of sp³-hybridized carbons (Fsp3) is 0.286. The number of carbonyl (C=O) groups is 2. The van der Waals surface area contributed by atoms with Gasteiger partial charge in [0, 0.05) is 36.1 Å². The number of hydrogen-bond acceptors (Lipinski definition) is 4. The minimum atomic E-state index is -0.836. The van der Waals surface area contributed by atoms with E-state index in [4.69, 9.17) is 0 Å². The number of benzene rings is 1. The average Bonchev–Trinajstić information content (AvgIpc) is 3.29. The molecule has 0 radical (unpaired) electrons. The predicted octanol–water partition coefficient (Wildman–Crippen LogP) is 3.42. The number of nitrogens with zero attached hydrogens (tertiary/aromatic N) is 3. The van der Waals surface area contributed by atoms with Crippen molar-refractivity contribution in [3.8, 4) is 0 Å². The summed E-state index contributed by atoms with van der Waals surface area (Å²) >= 11 is 1.57. The molecule has 1 fully saturated rings. The molecule has 7 heteroatoms. The molecule has 0 saturated carbocycles. The number of amides is 1. The molecule has 6 nitrogen and oxygen atoms in total. The number of rotatable bonds is 5. The van der Waals surface area contributed by atoms with Gasteiger partial charge in [-0.15, -0.1) is 11.8 Å². The molecule has 2 aromatic heterocycles. The maximum absolute atomic E-state index is 13.0. The maximum atomic E-state index is 13.0. The van der Waals surface area contributed by atoms with Gasteiger partial charge in [-0.05, 0) is 30.2 Å². The van der Waals surface area contributed by atoms with Gasteiger partial charge in [0.15, 0.2) is 0 Å². The standard InChI is InChI=1S/C21H21N3O3S/c1-14-10-24(12-17(14)21(26)27)20(25)16-6-2-3-7-18(16)28-13-15-11-23-9-5-4-8-19(23)22-15/h2-9,11,14,17H,10,12-13H2,1H3,(H,26,27)/t14-,17-/m1/s1. The van der Waals surface area contributed by atoms with Crippen LogP contribution in [0.3, 0.4) is 0 Å². The van der Waals surface area contributed by atoms with Crippen molar-refractivity contribution in [3.63, 3.8) is 0 Å². The number of fused-ring (bicyclic) bond motifs is 1. The fourth-order valence-electron chi connectivity index (χ4n) is 3.60. The molecule has 1 aliphatic rings. The van der Waals surface area contributed by atoms with Crippen LogP contribution in [0.5, 0.6) is 0 Å². The Morgan fingerprint density at radius 2 is 1.96 bits per heavy atom. The molecule has 0 aliphatic carbocycles. The van der Waals surface area contributed by atoms with E-state index in [9.17, 15) is 14.7 Å². The van der Waals surface area contributed by atoms with Crippen LogP contribution < -0.4 is 0 Å². The highest BCUT2D eigenvalue weighted by atomic mass is 32.2. The minimum Gasteiger partial charge on any atom is -0.481 e. The number of carbonyl (C=O) groups excluding carboxylic acids is 1. The van der Waals surface area contributed by atoms with Gasteiger partial charge >= 0.3 is 5.97 Å². The van der Waals surface area contributed by atoms with Crippen molar-refractivity contribution in [2.45, 2.75) is 17.6 Å². The fourth-order valence-corrected chi connectivity index (χ4v) is 4.53. The first-order valence-corrected chi connectivity index (χ1v) is 10.2. The number of likely N-dealkylation sites (tertiary alicyclic amines) is 1. The Morgan fingerprint density at radius 3 is 2.71 bits per heavy atom. The van der Waals surface area contributed by atoms with Crippen molar-refractivity contribution < 1.29 is 14.7 Å². The second kappa shape index (κ2) is 7.67. The highest BCUT2D eigenvalue weighted by Crippen LogP contribution is 2.30. The molecule has 0 unspecified atom stereocenters. The molecule has 28 heavy (non-hydrogen) atoms. The van der Waals surface area contributed by atoms with E-state index in [1.165, 1.54) is 0 Å². The third kappa shape index (κ3) is 3.62. The SMILES string of the molecule is C[C@@H]1CN(C(=O)c2ccccc2SCc2cn3ccccc3n2)C[C@H]1C(=O)O. The first-order chi connectivity index (χ1) is 13.5. The lowest BCUT2D eigenvalue weighted by Crippen LogP contribution is -2.30. The van der Waals surface area contributed by atoms with Gasteiger partial charge in [-0.25, -0.2) is 4.98 Å². The summed E-state index contributed by atoms with van der Waals surface area (Å²) in [6.07, 6.45) is 3.95. The lowest BCUT2D eigenvalue weighted by Gasteiger charge is -2.18. The van der Waals surface area contributed by atoms with E-state index in [1.54, 1.807) is 16.7 Å². The molecule has 3 aromatic rings. The Hall–Kier alpha value is -2.80. The Bertz CT molecular complexity index is 999. The van der Waals surface area contributed by atoms with Crippen LogP contribution in [0.1, 0.15) is 23.0 Å². The molecule has 3 heterocycles. The number of hydrogen-bond donors (Lipinski definition) is 1. The van der Waals surface area contributed by atoms with Crippen molar-refractivity contribution in [1.82, 2.24) is 14.3 Å². The zero-order valence-corrected chi connectivity index (χ0v) is 16.3. The van der Waals surface area contributed by atoms with E-state index in [0.29, 0.717) is 17.9 Å². The van der Waals surface area contributed by atoms with Crippen molar-refractivity contribution >= 4 is 29.3 Å². The number of carboxylic acids is 1. The minimum absolute atomic E-state index is 0.0424. The monoisotopic (exact) mass is 395 g/mol. The number of imidazole rings is 1. The zero-order valence-electron chi connectivity index (χ0n) is 15.5. The van der Waals surface area contributed by atoms with Crippen LogP contribution in [0, 0.1) is 11.8 Å². The van der Waals surface area contributed by atoms with Gasteiger partial charge in [-0.1, -0.05) is 25.1 Å². The topological polar surface area (TPSA) is 74.9 Å². The number of carboxylic acid groups (broad SMARTS) is 1. The van der Waals surface area contributed by atoms with Crippen molar-refractivity contribution in [3.05, 3.63) is 66.1 Å². The first kappa shape index (κ1) is 18.6. The summed E-state index contributed by atoms with van der Waals surface area (Å²) in [6.45, 7) is 2.62. The highest BCUT2D eigenvalue weighted by Gasteiger charge is 2.37. The molecular formula is C21H21N3O3S. The second-order valence-corrected chi connectivity index (χ2v) is 8.13. The molecule has 1 amide bonds. The summed E-state index contributed by atoms with van der Waals surface area (Å²) in [5, 5.41) is 9.33. The van der Waals surface area contributed by atoms with Crippen molar-refractivity contribution in [2.24, 2.45) is 11.8 Å². The van der Waals surface area contributed by atoms with Gasteiger partial charge < -0.3 is 14.4 Å². The Labute approximate surface area is 167 Å². The second-order valence-electron chi connectivity index (χ2n) is 7.12. The van der Waals surface area contributed by atoms with Crippen molar-refractivity contribution in [1.29, 1.82) is 0 Å². The quantitative estimate of drug-likeness (QED) is 0.670. The number of aliphatic carboxylic acids is 1. The summed E-state index contributed by atoms with van der Waals surface area (Å²) in [7, 11) is 0. The van der Waals surface area contributed by atoms with Gasteiger partial charge in [-0.2, -0.15) is 0 Å². The molecule has 1 aromatic carbocycles. The summed E-state index contributed by atoms with van der Waals surface area (Å²) in [5.74, 6) is -0.827. The average molecular weight is 395 g/mol. The van der Waals surface area contributed by atoms with Crippen LogP contribution >= 0.6 is 11.8 Å². The van der Waals surface area contributed by atoms with Crippen LogP contribution in [0.15, 0.2) is 59.8 Å². The van der Waals surface area contributed by atoms with Gasteiger partial charge in [0.05, 0.1) is 17.2 Å². The maximum Gasteiger partial charge on any atom is 0.308 e. The van der Waals surface area contributed by atoms with Crippen LogP contribution in [-0.4, -0.2) is 44.4 Å². The lowest BCUT2D eigenvalue weighted by atomic mass is 9.99. The van der Waals surface area contributed by atoms with Crippen LogP contribution in [0.4, 0.5) is 0 Å². The summed E-state index contributed by atoms with van der Waals surface area (Å²) in [5.41, 5.74) is 2.46. The van der Waals surface area contributed by atoms with E-state index in [2.05, 4.69) is 4.98 Å². The smallest absolute Gasteiger partial charge is 0.308 e. The van der Waals surface area contributed by atoms with Gasteiger partial charge in [0.2, 0.25) is 0 Å². The normalized spacial score (nSPS) is 19.2. The third-order valence-electron chi connectivity index (χ3n) is 5.12. The molecule has 2 atom stereocenters. The number of aromatic nitrogens is 2. The Balaban J connectivity index is 1.50. The molecule has 0 bridgehead atoms. The van der Waals surface area contributed by atoms with Crippen LogP contribution in [0.2, 0.25) is 0 Å². The molecule has 4 rings (SSSR count). The highest BCUT2D eigenvalue weighted by molar-refractivity contribution is 7.98. The van der Waals surface area contributed by atoms with Crippen LogP contribution in [0.25, 0.3) is 5.65 Å². The van der Waals surface area contributed by atoms with Gasteiger partial charge in [0.25, 0.3) is 5.91 Å². The molecule has 144 valence electrons. The van der Waals surface area contributed by atoms with E-state index >= 15 is 0 Å². The first-order valence-electron chi connectivity index (χ1n) is 9.19. The summed E-state index contributed by atoms with van der Waals surface area (Å²) in [6, 6.07) is 13.4. The Kier molecular flexibility index (Phi) is 5.09. The number of thioether (sulfide) groups is 1. The third-order valence-corrected chi connectivity index (χ3v) is 6.23. The van der Waals surface area contributed by atoms with E-state index < -0.39 is 11.9 Å². The zero-order chi connectivity index (χ0) is 19.7. The lowest BCUT2D eigenvalue weighted by molar-refractivity contribution is -0.142. The molecular weight excluding hydrogens is 374 g/mol. The largest absolute Gasteiger partial charge is 0.481 e. The van der Waals surface area contributed by atoms with Crippen molar-refractivity contribution in [2.75, 3.05) is 13.1 Å². The molecule has 1 saturated heterocycles. The van der Waals surface area contributed by atoms with Crippen LogP contribution in [-0.2, 0) is 10.5 Å². The molecule has 0 spiro atoms. The number of pyridine rings is 1. The van der Waals surface area contributed by atoms with Gasteiger partial charge in [0.1, 0.15) is 5.65 Å². The van der Waals surface area contributed by atoms with E-state index in [-0.39, 0.29) is 18.4 Å². The predicted molar refractivity (Wildman–Crippen MR) is 107 cm³/mol. The van der Waals surface area contributed by atoms with E-state index in [1.807, 2.05) is 66.2 Å². The molecule has 1 aliphatic heterocycles.